The first-order chi connectivity index (χ1) is 6.39. The third-order valence-electron chi connectivity index (χ3n) is 3.11. The second kappa shape index (κ2) is 2.79. The lowest BCUT2D eigenvalue weighted by Gasteiger charge is -2.41. The molecule has 0 amide bonds. The minimum atomic E-state index is 0.287. The Hall–Kier alpha value is -0.410. The molecular weight excluding hydrogens is 180 g/mol. The Balaban J connectivity index is 1.82. The van der Waals surface area contributed by atoms with E-state index in [1.165, 1.54) is 37.1 Å². The van der Waals surface area contributed by atoms with Crippen LogP contribution in [0, 0.1) is 0 Å². The average Bonchev–Trinajstić information content (AvgIpc) is 2.71. The first-order valence-corrected chi connectivity index (χ1v) is 5.95. The van der Waals surface area contributed by atoms with E-state index in [-0.39, 0.29) is 5.54 Å². The highest BCUT2D eigenvalue weighted by Crippen LogP contribution is 2.44. The fraction of sp³-hybridized carbons (Fsp3) is 0.700. The lowest BCUT2D eigenvalue weighted by atomic mass is 9.77. The lowest BCUT2D eigenvalue weighted by Crippen LogP contribution is -2.49. The number of thiazole rings is 1. The van der Waals surface area contributed by atoms with Gasteiger partial charge < -0.3 is 5.32 Å². The number of nitrogens with zero attached hydrogens (tertiary/aromatic N) is 1. The van der Waals surface area contributed by atoms with E-state index in [4.69, 9.17) is 0 Å². The predicted molar refractivity (Wildman–Crippen MR) is 53.8 cm³/mol. The Morgan fingerprint density at radius 2 is 2.31 bits per heavy atom. The topological polar surface area (TPSA) is 24.9 Å². The Bertz CT molecular complexity index is 286. The summed E-state index contributed by atoms with van der Waals surface area (Å²) < 4.78 is 0. The zero-order chi connectivity index (χ0) is 8.73. The molecule has 0 atom stereocenters. The van der Waals surface area contributed by atoms with Crippen molar-refractivity contribution in [2.45, 2.75) is 43.7 Å². The summed E-state index contributed by atoms with van der Waals surface area (Å²) in [6, 6.07) is 0.796. The van der Waals surface area contributed by atoms with Crippen LogP contribution < -0.4 is 5.32 Å². The van der Waals surface area contributed by atoms with Crippen molar-refractivity contribution in [1.82, 2.24) is 10.3 Å². The van der Waals surface area contributed by atoms with Crippen molar-refractivity contribution in [3.8, 4) is 0 Å². The van der Waals surface area contributed by atoms with E-state index < -0.39 is 0 Å². The van der Waals surface area contributed by atoms with Crippen LogP contribution in [0.3, 0.4) is 0 Å². The van der Waals surface area contributed by atoms with Crippen LogP contribution in [-0.4, -0.2) is 11.0 Å². The van der Waals surface area contributed by atoms with E-state index in [2.05, 4.69) is 15.7 Å². The van der Waals surface area contributed by atoms with Gasteiger partial charge in [-0.05, 0) is 32.1 Å². The highest BCUT2D eigenvalue weighted by Gasteiger charge is 2.44. The van der Waals surface area contributed by atoms with Gasteiger partial charge in [0.15, 0.2) is 0 Å². The molecule has 2 aliphatic rings. The predicted octanol–water partition coefficient (Wildman–Crippen LogP) is 2.27. The minimum absolute atomic E-state index is 0.287. The Labute approximate surface area is 82.4 Å². The second-order valence-corrected chi connectivity index (χ2v) is 5.09. The Morgan fingerprint density at radius 1 is 1.46 bits per heavy atom. The maximum absolute atomic E-state index is 4.45. The molecule has 2 nitrogen and oxygen atoms in total. The van der Waals surface area contributed by atoms with Crippen LogP contribution in [0.1, 0.15) is 37.1 Å². The highest BCUT2D eigenvalue weighted by molar-refractivity contribution is 7.09. The number of rotatable bonds is 3. The van der Waals surface area contributed by atoms with Gasteiger partial charge in [0.05, 0.1) is 5.54 Å². The largest absolute Gasteiger partial charge is 0.303 e. The second-order valence-electron chi connectivity index (χ2n) is 4.19. The number of aromatic nitrogens is 1. The van der Waals surface area contributed by atoms with Gasteiger partial charge in [0.25, 0.3) is 0 Å². The van der Waals surface area contributed by atoms with Crippen LogP contribution in [-0.2, 0) is 5.54 Å². The average molecular weight is 194 g/mol. The van der Waals surface area contributed by atoms with E-state index in [1.807, 2.05) is 6.20 Å². The van der Waals surface area contributed by atoms with Gasteiger partial charge in [0.2, 0.25) is 0 Å². The summed E-state index contributed by atoms with van der Waals surface area (Å²) in [7, 11) is 0. The van der Waals surface area contributed by atoms with Crippen LogP contribution in [0.2, 0.25) is 0 Å². The molecular formula is C10H14N2S. The maximum Gasteiger partial charge on any atom is 0.113 e. The smallest absolute Gasteiger partial charge is 0.113 e. The molecule has 0 bridgehead atoms. The minimum Gasteiger partial charge on any atom is -0.303 e. The van der Waals surface area contributed by atoms with E-state index in [1.54, 1.807) is 11.3 Å². The molecule has 1 N–H and O–H groups in total. The molecule has 3 rings (SSSR count). The van der Waals surface area contributed by atoms with Gasteiger partial charge in [-0.25, -0.2) is 4.98 Å². The molecule has 0 spiro atoms. The molecule has 3 heteroatoms. The molecule has 70 valence electrons. The SMILES string of the molecule is c1csc(C2(NC3CC3)CCC2)n1. The molecule has 2 aliphatic carbocycles. The van der Waals surface area contributed by atoms with Crippen molar-refractivity contribution in [1.29, 1.82) is 0 Å². The molecule has 0 aliphatic heterocycles. The summed E-state index contributed by atoms with van der Waals surface area (Å²) in [6.45, 7) is 0. The fourth-order valence-corrected chi connectivity index (χ4v) is 2.89. The van der Waals surface area contributed by atoms with Gasteiger partial charge >= 0.3 is 0 Å². The van der Waals surface area contributed by atoms with Gasteiger partial charge in [0.1, 0.15) is 5.01 Å². The summed E-state index contributed by atoms with van der Waals surface area (Å²) in [5.74, 6) is 0. The highest BCUT2D eigenvalue weighted by atomic mass is 32.1. The zero-order valence-corrected chi connectivity index (χ0v) is 8.44. The first kappa shape index (κ1) is 7.94. The Morgan fingerprint density at radius 3 is 2.77 bits per heavy atom. The van der Waals surface area contributed by atoms with E-state index in [0.717, 1.165) is 6.04 Å². The number of nitrogens with one attached hydrogen (secondary N) is 1. The lowest BCUT2D eigenvalue weighted by molar-refractivity contribution is 0.182. The summed E-state index contributed by atoms with van der Waals surface area (Å²) in [5, 5.41) is 7.15. The zero-order valence-electron chi connectivity index (χ0n) is 7.62. The van der Waals surface area contributed by atoms with Gasteiger partial charge in [-0.1, -0.05) is 0 Å². The molecule has 0 aromatic carbocycles. The molecule has 1 aromatic heterocycles. The maximum atomic E-state index is 4.45. The van der Waals surface area contributed by atoms with E-state index >= 15 is 0 Å². The Kier molecular flexibility index (Phi) is 1.70. The fourth-order valence-electron chi connectivity index (χ4n) is 2.03. The molecule has 2 saturated carbocycles. The van der Waals surface area contributed by atoms with Crippen molar-refractivity contribution >= 4 is 11.3 Å². The summed E-state index contributed by atoms with van der Waals surface area (Å²) in [6.07, 6.45) is 8.60. The molecule has 0 radical (unpaired) electrons. The van der Waals surface area contributed by atoms with Crippen molar-refractivity contribution < 1.29 is 0 Å². The molecule has 0 unspecified atom stereocenters. The van der Waals surface area contributed by atoms with Gasteiger partial charge in [-0.3, -0.25) is 0 Å². The van der Waals surface area contributed by atoms with Crippen molar-refractivity contribution in [2.75, 3.05) is 0 Å². The van der Waals surface area contributed by atoms with E-state index in [9.17, 15) is 0 Å². The van der Waals surface area contributed by atoms with Gasteiger partial charge in [-0.15, -0.1) is 11.3 Å². The third kappa shape index (κ3) is 1.30. The molecule has 1 aromatic rings. The molecule has 2 fully saturated rings. The standard InChI is InChI=1S/C10H14N2S/c1-4-10(5-1,12-8-2-3-8)9-11-6-7-13-9/h6-8,12H,1-5H2. The van der Waals surface area contributed by atoms with Gasteiger partial charge in [-0.2, -0.15) is 0 Å². The van der Waals surface area contributed by atoms with Crippen molar-refractivity contribution in [3.63, 3.8) is 0 Å². The van der Waals surface area contributed by atoms with Crippen LogP contribution in [0.25, 0.3) is 0 Å². The first-order valence-electron chi connectivity index (χ1n) is 5.07. The molecule has 0 saturated heterocycles. The van der Waals surface area contributed by atoms with Gasteiger partial charge in [0, 0.05) is 17.6 Å². The monoisotopic (exact) mass is 194 g/mol. The molecule has 1 heterocycles. The summed E-state index contributed by atoms with van der Waals surface area (Å²) >= 11 is 1.80. The van der Waals surface area contributed by atoms with E-state index in [0.29, 0.717) is 0 Å². The van der Waals surface area contributed by atoms with Crippen LogP contribution in [0.15, 0.2) is 11.6 Å². The normalized spacial score (nSPS) is 25.5. The summed E-state index contributed by atoms with van der Waals surface area (Å²) in [4.78, 5) is 4.45. The quantitative estimate of drug-likeness (QED) is 0.798. The third-order valence-corrected chi connectivity index (χ3v) is 4.08. The summed E-state index contributed by atoms with van der Waals surface area (Å²) in [5.41, 5.74) is 0.287. The number of hydrogen-bond donors (Lipinski definition) is 1. The van der Waals surface area contributed by atoms with Crippen LogP contribution in [0.4, 0.5) is 0 Å². The number of hydrogen-bond acceptors (Lipinski definition) is 3. The van der Waals surface area contributed by atoms with Crippen molar-refractivity contribution in [2.24, 2.45) is 0 Å². The van der Waals surface area contributed by atoms with Crippen LogP contribution >= 0.6 is 11.3 Å². The van der Waals surface area contributed by atoms with Crippen molar-refractivity contribution in [3.05, 3.63) is 16.6 Å². The molecule has 13 heavy (non-hydrogen) atoms. The van der Waals surface area contributed by atoms with Crippen LogP contribution in [0.5, 0.6) is 0 Å².